The van der Waals surface area contributed by atoms with Crippen LogP contribution in [0.25, 0.3) is 0 Å². The number of aryl methyl sites for hydroxylation is 1. The second-order valence-corrected chi connectivity index (χ2v) is 6.70. The first-order valence-electron chi connectivity index (χ1n) is 9.46. The Hall–Kier alpha value is -3.60. The number of nitrogens with one attached hydrogen (secondary N) is 2. The Bertz CT molecular complexity index is 1040. The maximum Gasteiger partial charge on any atom is 0.421 e. The number of aromatic nitrogens is 2. The second-order valence-electron chi connectivity index (χ2n) is 6.70. The smallest absolute Gasteiger partial charge is 0.340 e. The van der Waals surface area contributed by atoms with Crippen molar-refractivity contribution < 1.29 is 13.2 Å². The molecule has 0 aliphatic carbocycles. The molecule has 0 aliphatic heterocycles. The van der Waals surface area contributed by atoms with Crippen LogP contribution in [0.1, 0.15) is 36.5 Å². The van der Waals surface area contributed by atoms with Crippen molar-refractivity contribution in [1.29, 1.82) is 5.26 Å². The number of nitriles is 1. The van der Waals surface area contributed by atoms with Crippen molar-refractivity contribution in [2.45, 2.75) is 32.4 Å². The number of benzene rings is 2. The van der Waals surface area contributed by atoms with Crippen molar-refractivity contribution in [3.8, 4) is 6.07 Å². The van der Waals surface area contributed by atoms with Gasteiger partial charge in [0.05, 0.1) is 11.6 Å². The Morgan fingerprint density at radius 3 is 2.47 bits per heavy atom. The van der Waals surface area contributed by atoms with Crippen LogP contribution in [0.2, 0.25) is 0 Å². The van der Waals surface area contributed by atoms with Gasteiger partial charge in [-0.3, -0.25) is 0 Å². The highest BCUT2D eigenvalue weighted by molar-refractivity contribution is 5.64. The third-order valence-electron chi connectivity index (χ3n) is 4.38. The molecule has 30 heavy (non-hydrogen) atoms. The molecule has 0 bridgehead atoms. The molecule has 0 aliphatic rings. The van der Waals surface area contributed by atoms with E-state index in [0.29, 0.717) is 16.9 Å². The first kappa shape index (κ1) is 21.1. The van der Waals surface area contributed by atoms with Gasteiger partial charge in [-0.05, 0) is 48.7 Å². The van der Waals surface area contributed by atoms with E-state index in [-0.39, 0.29) is 5.95 Å². The van der Waals surface area contributed by atoms with Gasteiger partial charge in [0.1, 0.15) is 11.4 Å². The number of anilines is 4. The van der Waals surface area contributed by atoms with Crippen molar-refractivity contribution in [2.24, 2.45) is 0 Å². The lowest BCUT2D eigenvalue weighted by atomic mass is 10.1. The van der Waals surface area contributed by atoms with Crippen LogP contribution in [0.5, 0.6) is 0 Å². The van der Waals surface area contributed by atoms with Crippen LogP contribution in [0.4, 0.5) is 36.3 Å². The summed E-state index contributed by atoms with van der Waals surface area (Å²) >= 11 is 0. The highest BCUT2D eigenvalue weighted by atomic mass is 19.4. The lowest BCUT2D eigenvalue weighted by molar-refractivity contribution is -0.137. The highest BCUT2D eigenvalue weighted by Crippen LogP contribution is 2.35. The summed E-state index contributed by atoms with van der Waals surface area (Å²) < 4.78 is 40.2. The maximum atomic E-state index is 13.4. The van der Waals surface area contributed by atoms with E-state index in [0.717, 1.165) is 25.5 Å². The molecule has 8 heteroatoms. The fourth-order valence-corrected chi connectivity index (χ4v) is 2.81. The van der Waals surface area contributed by atoms with Crippen molar-refractivity contribution >= 4 is 23.1 Å². The summed E-state index contributed by atoms with van der Waals surface area (Å²) in [6.07, 6.45) is -0.720. The molecule has 0 spiro atoms. The molecule has 1 heterocycles. The first-order valence-corrected chi connectivity index (χ1v) is 9.46. The van der Waals surface area contributed by atoms with Gasteiger partial charge in [-0.2, -0.15) is 23.4 Å². The molecule has 2 aromatic carbocycles. The van der Waals surface area contributed by atoms with Gasteiger partial charge in [-0.1, -0.05) is 31.5 Å². The van der Waals surface area contributed by atoms with Crippen molar-refractivity contribution in [3.05, 3.63) is 71.4 Å². The van der Waals surface area contributed by atoms with E-state index in [4.69, 9.17) is 5.26 Å². The normalized spacial score (nSPS) is 11.0. The summed E-state index contributed by atoms with van der Waals surface area (Å²) in [5.74, 6) is -0.363. The number of rotatable bonds is 7. The fourth-order valence-electron chi connectivity index (χ4n) is 2.81. The van der Waals surface area contributed by atoms with Gasteiger partial charge in [-0.15, -0.1) is 0 Å². The van der Waals surface area contributed by atoms with Crippen molar-refractivity contribution in [2.75, 3.05) is 10.6 Å². The molecule has 1 aromatic heterocycles. The van der Waals surface area contributed by atoms with E-state index in [1.54, 1.807) is 18.2 Å². The van der Waals surface area contributed by atoms with Crippen LogP contribution >= 0.6 is 0 Å². The predicted molar refractivity (Wildman–Crippen MR) is 110 cm³/mol. The summed E-state index contributed by atoms with van der Waals surface area (Å²) in [5, 5.41) is 14.6. The van der Waals surface area contributed by atoms with E-state index in [1.807, 2.05) is 30.3 Å². The molecule has 0 unspecified atom stereocenters. The SMILES string of the molecule is CCCCc1ccc(Nc2ncc(C(F)(F)F)c(Nc3cccc(C#N)c3)n2)cc1. The van der Waals surface area contributed by atoms with Crippen LogP contribution < -0.4 is 10.6 Å². The molecular weight excluding hydrogens is 391 g/mol. The van der Waals surface area contributed by atoms with E-state index in [2.05, 4.69) is 27.5 Å². The van der Waals surface area contributed by atoms with Gasteiger partial charge in [-0.25, -0.2) is 4.98 Å². The molecule has 5 nitrogen and oxygen atoms in total. The maximum absolute atomic E-state index is 13.4. The zero-order chi connectivity index (χ0) is 21.6. The van der Waals surface area contributed by atoms with E-state index in [1.165, 1.54) is 11.6 Å². The summed E-state index contributed by atoms with van der Waals surface area (Å²) in [5.41, 5.74) is 1.52. The lowest BCUT2D eigenvalue weighted by Crippen LogP contribution is -2.12. The average Bonchev–Trinajstić information content (AvgIpc) is 2.73. The van der Waals surface area contributed by atoms with Gasteiger partial charge in [0.15, 0.2) is 0 Å². The molecule has 0 amide bonds. The number of hydrogen-bond donors (Lipinski definition) is 2. The molecule has 0 fully saturated rings. The van der Waals surface area contributed by atoms with Crippen LogP contribution in [0.15, 0.2) is 54.7 Å². The summed E-state index contributed by atoms with van der Waals surface area (Å²) in [6, 6.07) is 15.7. The summed E-state index contributed by atoms with van der Waals surface area (Å²) in [6.45, 7) is 2.13. The quantitative estimate of drug-likeness (QED) is 0.484. The third kappa shape index (κ3) is 5.47. The molecule has 3 rings (SSSR count). The van der Waals surface area contributed by atoms with Gasteiger partial charge >= 0.3 is 6.18 Å². The zero-order valence-corrected chi connectivity index (χ0v) is 16.3. The van der Waals surface area contributed by atoms with Gasteiger partial charge in [0.2, 0.25) is 5.95 Å². The van der Waals surface area contributed by atoms with Gasteiger partial charge < -0.3 is 10.6 Å². The van der Waals surface area contributed by atoms with Crippen molar-refractivity contribution in [3.63, 3.8) is 0 Å². The minimum Gasteiger partial charge on any atom is -0.340 e. The zero-order valence-electron chi connectivity index (χ0n) is 16.3. The Balaban J connectivity index is 1.86. The largest absolute Gasteiger partial charge is 0.421 e. The monoisotopic (exact) mass is 411 g/mol. The van der Waals surface area contributed by atoms with Gasteiger partial charge in [0, 0.05) is 17.6 Å². The van der Waals surface area contributed by atoms with Crippen molar-refractivity contribution in [1.82, 2.24) is 9.97 Å². The van der Waals surface area contributed by atoms with Crippen LogP contribution in [0.3, 0.4) is 0 Å². The molecule has 154 valence electrons. The van der Waals surface area contributed by atoms with Crippen LogP contribution in [0, 0.1) is 11.3 Å². The molecule has 3 aromatic rings. The average molecular weight is 411 g/mol. The third-order valence-corrected chi connectivity index (χ3v) is 4.38. The Labute approximate surface area is 172 Å². The molecule has 2 N–H and O–H groups in total. The van der Waals surface area contributed by atoms with Crippen LogP contribution in [-0.4, -0.2) is 9.97 Å². The van der Waals surface area contributed by atoms with Gasteiger partial charge in [0.25, 0.3) is 0 Å². The minimum absolute atomic E-state index is 0.0308. The van der Waals surface area contributed by atoms with E-state index in [9.17, 15) is 13.2 Å². The first-order chi connectivity index (χ1) is 14.4. The standard InChI is InChI=1S/C22H20F3N5/c1-2-3-5-15-8-10-17(11-9-15)29-21-27-14-19(22(23,24)25)20(30-21)28-18-7-4-6-16(12-18)13-26/h4,6-12,14H,2-3,5H2,1H3,(H2,27,28,29,30). The van der Waals surface area contributed by atoms with E-state index < -0.39 is 17.6 Å². The topological polar surface area (TPSA) is 73.6 Å². The number of unbranched alkanes of at least 4 members (excludes halogenated alkanes) is 1. The number of hydrogen-bond acceptors (Lipinski definition) is 5. The number of alkyl halides is 3. The molecule has 0 saturated heterocycles. The van der Waals surface area contributed by atoms with Crippen LogP contribution in [-0.2, 0) is 12.6 Å². The minimum atomic E-state index is -4.63. The molecule has 0 saturated carbocycles. The summed E-state index contributed by atoms with van der Waals surface area (Å²) in [7, 11) is 0. The highest BCUT2D eigenvalue weighted by Gasteiger charge is 2.35. The molecule has 0 radical (unpaired) electrons. The lowest BCUT2D eigenvalue weighted by Gasteiger charge is -2.15. The molecular formula is C22H20F3N5. The second kappa shape index (κ2) is 9.27. The number of halogens is 3. The Morgan fingerprint density at radius 1 is 1.03 bits per heavy atom. The summed E-state index contributed by atoms with van der Waals surface area (Å²) in [4.78, 5) is 7.83. The number of nitrogens with zero attached hydrogens (tertiary/aromatic N) is 3. The predicted octanol–water partition coefficient (Wildman–Crippen LogP) is 6.20. The fraction of sp³-hybridized carbons (Fsp3) is 0.227. The Morgan fingerprint density at radius 2 is 1.80 bits per heavy atom. The Kier molecular flexibility index (Phi) is 6.52. The molecule has 0 atom stereocenters. The van der Waals surface area contributed by atoms with E-state index >= 15 is 0 Å².